The Morgan fingerprint density at radius 3 is 2.78 bits per heavy atom. The molecule has 0 amide bonds. The standard InChI is InChI=1S/C12H9BrClFN2O/c1-2-11-16-10(14)6-12(17-11)18-9-4-3-7(13)5-8(9)15/h3-6H,2H2,1H3. The lowest BCUT2D eigenvalue weighted by atomic mass is 10.3. The molecular formula is C12H9BrClFN2O. The highest BCUT2D eigenvalue weighted by molar-refractivity contribution is 9.10. The fourth-order valence-corrected chi connectivity index (χ4v) is 1.85. The van der Waals surface area contributed by atoms with Gasteiger partial charge in [-0.3, -0.25) is 0 Å². The summed E-state index contributed by atoms with van der Waals surface area (Å²) in [5.41, 5.74) is 0. The van der Waals surface area contributed by atoms with Crippen molar-refractivity contribution in [1.82, 2.24) is 9.97 Å². The van der Waals surface area contributed by atoms with E-state index in [4.69, 9.17) is 16.3 Å². The molecule has 18 heavy (non-hydrogen) atoms. The van der Waals surface area contributed by atoms with Gasteiger partial charge in [0, 0.05) is 17.0 Å². The number of rotatable bonds is 3. The molecular weight excluding hydrogens is 322 g/mol. The van der Waals surface area contributed by atoms with Gasteiger partial charge < -0.3 is 4.74 Å². The van der Waals surface area contributed by atoms with Gasteiger partial charge in [-0.1, -0.05) is 34.5 Å². The molecule has 0 aliphatic heterocycles. The van der Waals surface area contributed by atoms with E-state index in [1.54, 1.807) is 6.07 Å². The van der Waals surface area contributed by atoms with Crippen molar-refractivity contribution < 1.29 is 9.13 Å². The zero-order valence-electron chi connectivity index (χ0n) is 9.45. The Bertz CT molecular complexity index is 580. The minimum absolute atomic E-state index is 0.0926. The molecule has 0 fully saturated rings. The van der Waals surface area contributed by atoms with Crippen molar-refractivity contribution in [3.05, 3.63) is 45.5 Å². The molecule has 0 saturated carbocycles. The Morgan fingerprint density at radius 1 is 1.33 bits per heavy atom. The normalized spacial score (nSPS) is 10.4. The number of hydrogen-bond acceptors (Lipinski definition) is 3. The van der Waals surface area contributed by atoms with Crippen LogP contribution in [0, 0.1) is 5.82 Å². The molecule has 6 heteroatoms. The summed E-state index contributed by atoms with van der Waals surface area (Å²) in [5.74, 6) is 0.398. The van der Waals surface area contributed by atoms with Crippen molar-refractivity contribution in [3.8, 4) is 11.6 Å². The van der Waals surface area contributed by atoms with Crippen molar-refractivity contribution in [3.63, 3.8) is 0 Å². The lowest BCUT2D eigenvalue weighted by Gasteiger charge is -2.07. The first-order chi connectivity index (χ1) is 8.58. The van der Waals surface area contributed by atoms with Crippen molar-refractivity contribution in [2.75, 3.05) is 0 Å². The maximum atomic E-state index is 13.6. The van der Waals surface area contributed by atoms with Gasteiger partial charge in [-0.15, -0.1) is 0 Å². The van der Waals surface area contributed by atoms with Crippen LogP contribution in [0.2, 0.25) is 5.15 Å². The van der Waals surface area contributed by atoms with Gasteiger partial charge in [-0.25, -0.2) is 9.37 Å². The molecule has 0 saturated heterocycles. The first-order valence-electron chi connectivity index (χ1n) is 5.25. The second-order valence-corrected chi connectivity index (χ2v) is 4.78. The molecule has 0 N–H and O–H groups in total. The van der Waals surface area contributed by atoms with E-state index >= 15 is 0 Å². The van der Waals surface area contributed by atoms with Crippen LogP contribution in [0.3, 0.4) is 0 Å². The Labute approximate surface area is 117 Å². The average Bonchev–Trinajstić information content (AvgIpc) is 2.32. The molecule has 0 radical (unpaired) electrons. The Hall–Kier alpha value is -1.20. The zero-order chi connectivity index (χ0) is 13.1. The summed E-state index contributed by atoms with van der Waals surface area (Å²) in [4.78, 5) is 8.12. The molecule has 0 aliphatic rings. The first kappa shape index (κ1) is 13.2. The summed E-state index contributed by atoms with van der Waals surface area (Å²) in [5, 5.41) is 0.273. The fourth-order valence-electron chi connectivity index (χ4n) is 1.32. The predicted octanol–water partition coefficient (Wildman–Crippen LogP) is 4.39. The second kappa shape index (κ2) is 5.63. The number of benzene rings is 1. The van der Waals surface area contributed by atoms with Crippen LogP contribution in [-0.2, 0) is 6.42 Å². The summed E-state index contributed by atoms with van der Waals surface area (Å²) in [6.07, 6.45) is 0.625. The summed E-state index contributed by atoms with van der Waals surface area (Å²) in [6, 6.07) is 5.96. The average molecular weight is 332 g/mol. The summed E-state index contributed by atoms with van der Waals surface area (Å²) in [7, 11) is 0. The van der Waals surface area contributed by atoms with Gasteiger partial charge in [0.1, 0.15) is 11.0 Å². The predicted molar refractivity (Wildman–Crippen MR) is 70.6 cm³/mol. The third kappa shape index (κ3) is 3.17. The quantitative estimate of drug-likeness (QED) is 0.783. The SMILES string of the molecule is CCc1nc(Cl)cc(Oc2ccc(Br)cc2F)n1. The molecule has 2 rings (SSSR count). The third-order valence-corrected chi connectivity index (χ3v) is 2.83. The number of nitrogens with zero attached hydrogens (tertiary/aromatic N) is 2. The fraction of sp³-hybridized carbons (Fsp3) is 0.167. The molecule has 3 nitrogen and oxygen atoms in total. The van der Waals surface area contributed by atoms with E-state index in [1.165, 1.54) is 18.2 Å². The topological polar surface area (TPSA) is 35.0 Å². The van der Waals surface area contributed by atoms with Crippen LogP contribution in [0.4, 0.5) is 4.39 Å². The van der Waals surface area contributed by atoms with Gasteiger partial charge >= 0.3 is 0 Å². The molecule has 0 atom stereocenters. The number of ether oxygens (including phenoxy) is 1. The maximum absolute atomic E-state index is 13.6. The molecule has 0 spiro atoms. The highest BCUT2D eigenvalue weighted by Gasteiger charge is 2.08. The zero-order valence-corrected chi connectivity index (χ0v) is 11.8. The largest absolute Gasteiger partial charge is 0.436 e. The van der Waals surface area contributed by atoms with Crippen LogP contribution >= 0.6 is 27.5 Å². The molecule has 1 aromatic carbocycles. The van der Waals surface area contributed by atoms with Crippen LogP contribution in [0.1, 0.15) is 12.7 Å². The van der Waals surface area contributed by atoms with Gasteiger partial charge in [0.25, 0.3) is 0 Å². The van der Waals surface area contributed by atoms with Crippen LogP contribution < -0.4 is 4.74 Å². The molecule has 0 bridgehead atoms. The number of hydrogen-bond donors (Lipinski definition) is 0. The van der Waals surface area contributed by atoms with Crippen LogP contribution in [0.25, 0.3) is 0 Å². The highest BCUT2D eigenvalue weighted by atomic mass is 79.9. The van der Waals surface area contributed by atoms with E-state index in [-0.39, 0.29) is 16.8 Å². The van der Waals surface area contributed by atoms with E-state index in [1.807, 2.05) is 6.92 Å². The monoisotopic (exact) mass is 330 g/mol. The van der Waals surface area contributed by atoms with Crippen molar-refractivity contribution in [2.24, 2.45) is 0 Å². The molecule has 94 valence electrons. The van der Waals surface area contributed by atoms with Gasteiger partial charge in [-0.2, -0.15) is 4.98 Å². The minimum atomic E-state index is -0.475. The van der Waals surface area contributed by atoms with Crippen molar-refractivity contribution >= 4 is 27.5 Å². The van der Waals surface area contributed by atoms with Crippen molar-refractivity contribution in [1.29, 1.82) is 0 Å². The van der Waals surface area contributed by atoms with E-state index in [9.17, 15) is 4.39 Å². The van der Waals surface area contributed by atoms with Crippen LogP contribution in [0.15, 0.2) is 28.7 Å². The van der Waals surface area contributed by atoms with Gasteiger partial charge in [0.2, 0.25) is 5.88 Å². The first-order valence-corrected chi connectivity index (χ1v) is 6.42. The smallest absolute Gasteiger partial charge is 0.224 e. The summed E-state index contributed by atoms with van der Waals surface area (Å²) in [6.45, 7) is 1.90. The molecule has 0 unspecified atom stereocenters. The van der Waals surface area contributed by atoms with Crippen LogP contribution in [-0.4, -0.2) is 9.97 Å². The van der Waals surface area contributed by atoms with Crippen molar-refractivity contribution in [2.45, 2.75) is 13.3 Å². The number of aryl methyl sites for hydroxylation is 1. The van der Waals surface area contributed by atoms with E-state index < -0.39 is 5.82 Å². The maximum Gasteiger partial charge on any atom is 0.224 e. The lowest BCUT2D eigenvalue weighted by Crippen LogP contribution is -1.97. The summed E-state index contributed by atoms with van der Waals surface area (Å²) < 4.78 is 19.6. The Balaban J connectivity index is 2.30. The van der Waals surface area contributed by atoms with Gasteiger partial charge in [0.15, 0.2) is 11.6 Å². The number of aromatic nitrogens is 2. The Morgan fingerprint density at radius 2 is 2.11 bits per heavy atom. The molecule has 1 heterocycles. The van der Waals surface area contributed by atoms with Crippen LogP contribution in [0.5, 0.6) is 11.6 Å². The van der Waals surface area contributed by atoms with Gasteiger partial charge in [0.05, 0.1) is 0 Å². The molecule has 2 aromatic rings. The van der Waals surface area contributed by atoms with Gasteiger partial charge in [-0.05, 0) is 18.2 Å². The van der Waals surface area contributed by atoms with E-state index in [2.05, 4.69) is 25.9 Å². The summed E-state index contributed by atoms with van der Waals surface area (Å²) >= 11 is 9.00. The molecule has 1 aromatic heterocycles. The Kier molecular flexibility index (Phi) is 4.14. The number of halogens is 3. The highest BCUT2D eigenvalue weighted by Crippen LogP contribution is 2.26. The third-order valence-electron chi connectivity index (χ3n) is 2.14. The van der Waals surface area contributed by atoms with E-state index in [0.29, 0.717) is 16.7 Å². The van der Waals surface area contributed by atoms with E-state index in [0.717, 1.165) is 0 Å². The lowest BCUT2D eigenvalue weighted by molar-refractivity contribution is 0.424. The minimum Gasteiger partial charge on any atom is -0.436 e. The molecule has 0 aliphatic carbocycles. The second-order valence-electron chi connectivity index (χ2n) is 3.48.